The third-order valence-electron chi connectivity index (χ3n) is 9.70. The molecule has 0 aliphatic rings. The van der Waals surface area contributed by atoms with Crippen LogP contribution < -0.4 is 0 Å². The van der Waals surface area contributed by atoms with Gasteiger partial charge in [-0.1, -0.05) is 194 Å². The first-order valence-corrected chi connectivity index (χ1v) is 17.5. The Morgan fingerprint density at radius 1 is 0.259 bits per heavy atom. The van der Waals surface area contributed by atoms with Gasteiger partial charge in [-0.2, -0.15) is 0 Å². The predicted molar refractivity (Wildman–Crippen MR) is 225 cm³/mol. The second-order valence-corrected chi connectivity index (χ2v) is 12.9. The molecule has 0 N–H and O–H groups in total. The van der Waals surface area contributed by atoms with Crippen LogP contribution in [0.15, 0.2) is 200 Å². The first-order chi connectivity index (χ1) is 30.5. The van der Waals surface area contributed by atoms with Crippen LogP contribution in [0.2, 0.25) is 0 Å². The summed E-state index contributed by atoms with van der Waals surface area (Å²) in [5, 5.41) is 7.07. The molecule has 0 aliphatic carbocycles. The highest BCUT2D eigenvalue weighted by Crippen LogP contribution is 2.37. The van der Waals surface area contributed by atoms with Crippen molar-refractivity contribution < 1.29 is 12.3 Å². The Bertz CT molecular complexity index is 3390. The third kappa shape index (κ3) is 5.78. The molecule has 9 aromatic carbocycles. The summed E-state index contributed by atoms with van der Waals surface area (Å²) in [4.78, 5) is 14.4. The molecule has 1 aromatic heterocycles. The zero-order chi connectivity index (χ0) is 43.7. The van der Waals surface area contributed by atoms with Gasteiger partial charge in [-0.05, 0) is 71.8 Å². The van der Waals surface area contributed by atoms with E-state index in [0.717, 1.165) is 27.6 Å². The molecule has 0 bridgehead atoms. The molecule has 54 heavy (non-hydrogen) atoms. The van der Waals surface area contributed by atoms with Crippen molar-refractivity contribution in [2.75, 3.05) is 0 Å². The van der Waals surface area contributed by atoms with Crippen molar-refractivity contribution in [1.82, 2.24) is 15.0 Å². The lowest BCUT2D eigenvalue weighted by Crippen LogP contribution is -2.00. The van der Waals surface area contributed by atoms with Crippen molar-refractivity contribution in [3.05, 3.63) is 200 Å². The molecule has 0 amide bonds. The first-order valence-electron chi connectivity index (χ1n) is 22.0. The highest BCUT2D eigenvalue weighted by molar-refractivity contribution is 6.25. The maximum atomic E-state index is 9.16. The topological polar surface area (TPSA) is 38.7 Å². The molecule has 0 saturated carbocycles. The summed E-state index contributed by atoms with van der Waals surface area (Å²) in [6.07, 6.45) is 0. The van der Waals surface area contributed by atoms with Crippen LogP contribution in [0.3, 0.4) is 0 Å². The maximum Gasteiger partial charge on any atom is 0.164 e. The molecule has 10 aromatic rings. The average Bonchev–Trinajstić information content (AvgIpc) is 3.33. The summed E-state index contributed by atoms with van der Waals surface area (Å²) in [6.45, 7) is 0. The molecule has 3 nitrogen and oxygen atoms in total. The minimum Gasteiger partial charge on any atom is -0.208 e. The Morgan fingerprint density at radius 2 is 0.630 bits per heavy atom. The van der Waals surface area contributed by atoms with Gasteiger partial charge < -0.3 is 0 Å². The van der Waals surface area contributed by atoms with Gasteiger partial charge in [0.05, 0.1) is 12.3 Å². The van der Waals surface area contributed by atoms with E-state index in [1.807, 2.05) is 78.9 Å². The fourth-order valence-corrected chi connectivity index (χ4v) is 7.01. The fraction of sp³-hybridized carbons (Fsp3) is 0. The SMILES string of the molecule is [2H]c1c([2H])c([2H])c(-c2c([2H])c([2H])c(-c3nc(-c4ccc(-c5ccccc5)cc4)nc(-c4ccc(-c5ccc6c7ccccc7c7ccccc7c6c5)cc4)n3)c([2H])c2[2H])c([2H])c1[2H]. The third-order valence-corrected chi connectivity index (χ3v) is 9.70. The largest absolute Gasteiger partial charge is 0.208 e. The zero-order valence-electron chi connectivity index (χ0n) is 37.7. The van der Waals surface area contributed by atoms with E-state index >= 15 is 0 Å². The van der Waals surface area contributed by atoms with E-state index in [9.17, 15) is 0 Å². The van der Waals surface area contributed by atoms with Crippen LogP contribution in [0.1, 0.15) is 12.3 Å². The number of fused-ring (bicyclic) bond motifs is 6. The average molecular weight is 697 g/mol. The van der Waals surface area contributed by atoms with E-state index in [0.29, 0.717) is 11.1 Å². The van der Waals surface area contributed by atoms with Gasteiger partial charge in [-0.15, -0.1) is 0 Å². The smallest absolute Gasteiger partial charge is 0.164 e. The van der Waals surface area contributed by atoms with Gasteiger partial charge in [0.15, 0.2) is 17.5 Å². The fourth-order valence-electron chi connectivity index (χ4n) is 7.01. The Hall–Kier alpha value is -7.23. The lowest BCUT2D eigenvalue weighted by molar-refractivity contribution is 1.07. The van der Waals surface area contributed by atoms with E-state index in [2.05, 4.69) is 66.7 Å². The second-order valence-electron chi connectivity index (χ2n) is 12.9. The Balaban J connectivity index is 1.11. The highest BCUT2D eigenvalue weighted by atomic mass is 15.0. The summed E-state index contributed by atoms with van der Waals surface area (Å²) < 4.78 is 77.8. The molecule has 1 heterocycles. The van der Waals surface area contributed by atoms with E-state index < -0.39 is 65.5 Å². The summed E-state index contributed by atoms with van der Waals surface area (Å²) in [5.41, 5.74) is 4.17. The molecule has 0 atom stereocenters. The van der Waals surface area contributed by atoms with Crippen molar-refractivity contribution >= 4 is 32.3 Å². The van der Waals surface area contributed by atoms with E-state index in [1.54, 1.807) is 0 Å². The minimum atomic E-state index is -0.647. The van der Waals surface area contributed by atoms with Crippen LogP contribution >= 0.6 is 0 Å². The van der Waals surface area contributed by atoms with Gasteiger partial charge in [0.2, 0.25) is 0 Å². The highest BCUT2D eigenvalue weighted by Gasteiger charge is 2.14. The molecule has 3 heteroatoms. The molecule has 0 spiro atoms. The van der Waals surface area contributed by atoms with Crippen molar-refractivity contribution in [3.8, 4) is 67.5 Å². The van der Waals surface area contributed by atoms with E-state index in [-0.39, 0.29) is 23.0 Å². The van der Waals surface area contributed by atoms with Crippen LogP contribution in [0.25, 0.3) is 99.9 Å². The van der Waals surface area contributed by atoms with Crippen LogP contribution in [-0.4, -0.2) is 15.0 Å². The second kappa shape index (κ2) is 13.4. The van der Waals surface area contributed by atoms with Crippen molar-refractivity contribution in [3.63, 3.8) is 0 Å². The predicted octanol–water partition coefficient (Wildman–Crippen LogP) is 13.3. The normalized spacial score (nSPS) is 13.7. The Kier molecular flexibility index (Phi) is 5.79. The summed E-state index contributed by atoms with van der Waals surface area (Å²) in [7, 11) is 0. The minimum absolute atomic E-state index is 0.121. The number of hydrogen-bond donors (Lipinski definition) is 0. The van der Waals surface area contributed by atoms with E-state index in [4.69, 9.17) is 27.3 Å². The van der Waals surface area contributed by atoms with Gasteiger partial charge in [0.1, 0.15) is 0 Å². The Labute approximate surface area is 326 Å². The molecule has 252 valence electrons. The summed E-state index contributed by atoms with van der Waals surface area (Å²) in [6, 6.07) is 43.2. The van der Waals surface area contributed by atoms with Crippen LogP contribution in [0, 0.1) is 0 Å². The first kappa shape index (κ1) is 23.4. The quantitative estimate of drug-likeness (QED) is 0.162. The summed E-state index contributed by atoms with van der Waals surface area (Å²) in [5.74, 6) is 0.347. The van der Waals surface area contributed by atoms with Gasteiger partial charge in [0, 0.05) is 16.7 Å². The van der Waals surface area contributed by atoms with Crippen LogP contribution in [-0.2, 0) is 0 Å². The lowest BCUT2D eigenvalue weighted by Gasteiger charge is -2.12. The number of aromatic nitrogens is 3. The van der Waals surface area contributed by atoms with E-state index in [1.165, 1.54) is 26.9 Å². The summed E-state index contributed by atoms with van der Waals surface area (Å²) >= 11 is 0. The van der Waals surface area contributed by atoms with Crippen molar-refractivity contribution in [2.24, 2.45) is 0 Å². The van der Waals surface area contributed by atoms with Gasteiger partial charge in [0.25, 0.3) is 0 Å². The van der Waals surface area contributed by atoms with Crippen LogP contribution in [0.5, 0.6) is 0 Å². The van der Waals surface area contributed by atoms with Crippen molar-refractivity contribution in [1.29, 1.82) is 0 Å². The number of benzene rings is 9. The van der Waals surface area contributed by atoms with Crippen molar-refractivity contribution in [2.45, 2.75) is 0 Å². The number of hydrogen-bond acceptors (Lipinski definition) is 3. The number of rotatable bonds is 6. The molecular weight excluding hydrogens is 655 g/mol. The molecule has 0 aliphatic heterocycles. The molecule has 0 fully saturated rings. The number of nitrogens with zero attached hydrogens (tertiary/aromatic N) is 3. The standard InChI is InChI=1S/C51H33N3/c1-3-11-34(12-4-1)36-19-25-39(26-20-36)49-52-50(40-27-21-37(22-28-40)35-13-5-2-6-14-35)54-51(53-49)41-29-23-38(24-30-41)42-31-32-47-45-17-8-7-15-43(45)44-16-9-10-18-46(44)48(47)33-42/h1-33H/i1D,3D,4D,11D,12D,19D,20D,25D,26D. The van der Waals surface area contributed by atoms with Gasteiger partial charge >= 0.3 is 0 Å². The molecular formula is C51H33N3. The molecule has 0 unspecified atom stereocenters. The lowest BCUT2D eigenvalue weighted by atomic mass is 9.92. The van der Waals surface area contributed by atoms with Gasteiger partial charge in [-0.3, -0.25) is 0 Å². The molecule has 0 saturated heterocycles. The van der Waals surface area contributed by atoms with Gasteiger partial charge in [-0.25, -0.2) is 15.0 Å². The Morgan fingerprint density at radius 3 is 1.19 bits per heavy atom. The van der Waals surface area contributed by atoms with Crippen LogP contribution in [0.4, 0.5) is 0 Å². The maximum absolute atomic E-state index is 9.16. The monoisotopic (exact) mass is 696 g/mol. The molecule has 0 radical (unpaired) electrons. The molecule has 10 rings (SSSR count). The zero-order valence-corrected chi connectivity index (χ0v) is 28.7.